The zero-order valence-electron chi connectivity index (χ0n) is 13.7. The van der Waals surface area contributed by atoms with Crippen molar-refractivity contribution in [2.45, 2.75) is 60.6 Å². The maximum Gasteiger partial charge on any atom is 0.268 e. The summed E-state index contributed by atoms with van der Waals surface area (Å²) in [6.07, 6.45) is 0. The van der Waals surface area contributed by atoms with Gasteiger partial charge in [-0.25, -0.2) is 0 Å². The average molecular weight is 292 g/mol. The SMILES string of the molecule is CC(C)C(C(C)C)C(C(C(C)C)C(C)C)S(=O)(=O)O. The molecule has 0 aliphatic rings. The highest BCUT2D eigenvalue weighted by molar-refractivity contribution is 7.86. The second kappa shape index (κ2) is 7.07. The van der Waals surface area contributed by atoms with Gasteiger partial charge in [0.05, 0.1) is 5.25 Å². The molecule has 116 valence electrons. The van der Waals surface area contributed by atoms with Gasteiger partial charge in [-0.2, -0.15) is 8.42 Å². The molecule has 0 aromatic heterocycles. The number of rotatable bonds is 7. The maximum absolute atomic E-state index is 12.0. The van der Waals surface area contributed by atoms with Gasteiger partial charge in [0, 0.05) is 0 Å². The van der Waals surface area contributed by atoms with Gasteiger partial charge in [-0.05, 0) is 35.5 Å². The lowest BCUT2D eigenvalue weighted by Crippen LogP contribution is -2.45. The first-order valence-electron chi connectivity index (χ1n) is 7.37. The first-order valence-corrected chi connectivity index (χ1v) is 8.87. The van der Waals surface area contributed by atoms with Gasteiger partial charge in [-0.1, -0.05) is 55.4 Å². The largest absolute Gasteiger partial charge is 0.285 e. The van der Waals surface area contributed by atoms with E-state index in [1.165, 1.54) is 0 Å². The summed E-state index contributed by atoms with van der Waals surface area (Å²) >= 11 is 0. The molecule has 1 N–H and O–H groups in total. The van der Waals surface area contributed by atoms with Crippen LogP contribution in [0.15, 0.2) is 0 Å². The molecule has 0 aliphatic heterocycles. The Hall–Kier alpha value is -0.0900. The van der Waals surface area contributed by atoms with Crippen LogP contribution < -0.4 is 0 Å². The molecule has 0 radical (unpaired) electrons. The summed E-state index contributed by atoms with van der Waals surface area (Å²) in [7, 11) is -4.04. The van der Waals surface area contributed by atoms with Gasteiger partial charge in [0.2, 0.25) is 0 Å². The molecule has 0 amide bonds. The van der Waals surface area contributed by atoms with Crippen molar-refractivity contribution in [2.75, 3.05) is 0 Å². The van der Waals surface area contributed by atoms with Crippen molar-refractivity contribution in [1.29, 1.82) is 0 Å². The first-order chi connectivity index (χ1) is 8.41. The third kappa shape index (κ3) is 5.07. The fourth-order valence-corrected chi connectivity index (χ4v) is 5.76. The number of hydrogen-bond acceptors (Lipinski definition) is 2. The van der Waals surface area contributed by atoms with E-state index in [0.29, 0.717) is 0 Å². The zero-order chi connectivity index (χ0) is 15.5. The molecule has 0 spiro atoms. The molecule has 0 saturated heterocycles. The standard InChI is InChI=1S/C15H32O3S/c1-9(2)13(10(3)4)15(19(16,17)18)14(11(5)6)12(7)8/h9-15H,1-8H3,(H,16,17,18). The normalized spacial score (nSPS) is 14.1. The lowest BCUT2D eigenvalue weighted by molar-refractivity contribution is 0.163. The summed E-state index contributed by atoms with van der Waals surface area (Å²) < 4.78 is 33.8. The molecule has 3 nitrogen and oxygen atoms in total. The van der Waals surface area contributed by atoms with Crippen molar-refractivity contribution >= 4 is 10.1 Å². The molecule has 0 heterocycles. The van der Waals surface area contributed by atoms with Crippen LogP contribution in [0.2, 0.25) is 0 Å². The minimum absolute atomic E-state index is 0.0233. The van der Waals surface area contributed by atoms with Crippen LogP contribution in [0.25, 0.3) is 0 Å². The molecule has 0 fully saturated rings. The number of hydrogen-bond donors (Lipinski definition) is 1. The molecule has 4 heteroatoms. The predicted octanol–water partition coefficient (Wildman–Crippen LogP) is 4.10. The van der Waals surface area contributed by atoms with Crippen molar-refractivity contribution in [3.05, 3.63) is 0 Å². The van der Waals surface area contributed by atoms with E-state index in [1.54, 1.807) is 0 Å². The van der Waals surface area contributed by atoms with Crippen molar-refractivity contribution in [3.63, 3.8) is 0 Å². The Labute approximate surface area is 119 Å². The van der Waals surface area contributed by atoms with E-state index in [0.717, 1.165) is 0 Å². The average Bonchev–Trinajstić information content (AvgIpc) is 2.12. The third-order valence-electron chi connectivity index (χ3n) is 4.18. The van der Waals surface area contributed by atoms with Crippen LogP contribution in [0.1, 0.15) is 55.4 Å². The van der Waals surface area contributed by atoms with Crippen LogP contribution >= 0.6 is 0 Å². The van der Waals surface area contributed by atoms with E-state index < -0.39 is 15.4 Å². The molecule has 0 saturated carbocycles. The maximum atomic E-state index is 12.0. The first kappa shape index (κ1) is 18.9. The van der Waals surface area contributed by atoms with Crippen LogP contribution in [-0.4, -0.2) is 18.2 Å². The summed E-state index contributed by atoms with van der Waals surface area (Å²) in [6.45, 7) is 16.3. The topological polar surface area (TPSA) is 54.4 Å². The molecular formula is C15H32O3S. The highest BCUT2D eigenvalue weighted by Gasteiger charge is 2.43. The summed E-state index contributed by atoms with van der Waals surface area (Å²) in [5.41, 5.74) is 0. The molecule has 19 heavy (non-hydrogen) atoms. The Balaban J connectivity index is 5.80. The Bertz CT molecular complexity index is 320. The molecule has 0 rings (SSSR count). The third-order valence-corrected chi connectivity index (χ3v) is 5.50. The van der Waals surface area contributed by atoms with Gasteiger partial charge in [-0.15, -0.1) is 0 Å². The van der Waals surface area contributed by atoms with Crippen molar-refractivity contribution in [2.24, 2.45) is 35.5 Å². The quantitative estimate of drug-likeness (QED) is 0.719. The molecule has 0 bridgehead atoms. The molecule has 0 unspecified atom stereocenters. The Morgan fingerprint density at radius 3 is 0.947 bits per heavy atom. The second-order valence-electron chi connectivity index (χ2n) is 7.11. The highest BCUT2D eigenvalue weighted by Crippen LogP contribution is 2.38. The van der Waals surface area contributed by atoms with E-state index in [-0.39, 0.29) is 35.5 Å². The van der Waals surface area contributed by atoms with Crippen molar-refractivity contribution in [3.8, 4) is 0 Å². The molecule has 0 atom stereocenters. The highest BCUT2D eigenvalue weighted by atomic mass is 32.2. The van der Waals surface area contributed by atoms with Crippen LogP contribution in [0, 0.1) is 35.5 Å². The van der Waals surface area contributed by atoms with E-state index in [1.807, 2.05) is 55.4 Å². The summed E-state index contributed by atoms with van der Waals surface area (Å²) in [4.78, 5) is 0. The molecular weight excluding hydrogens is 260 g/mol. The predicted molar refractivity (Wildman–Crippen MR) is 81.7 cm³/mol. The van der Waals surface area contributed by atoms with Gasteiger partial charge in [0.15, 0.2) is 0 Å². The lowest BCUT2D eigenvalue weighted by Gasteiger charge is -2.40. The fourth-order valence-electron chi connectivity index (χ4n) is 3.71. The van der Waals surface area contributed by atoms with Crippen LogP contribution in [0.5, 0.6) is 0 Å². The second-order valence-corrected chi connectivity index (χ2v) is 8.68. The van der Waals surface area contributed by atoms with E-state index >= 15 is 0 Å². The smallest absolute Gasteiger partial charge is 0.268 e. The van der Waals surface area contributed by atoms with Crippen LogP contribution in [0.4, 0.5) is 0 Å². The van der Waals surface area contributed by atoms with Crippen molar-refractivity contribution < 1.29 is 13.0 Å². The van der Waals surface area contributed by atoms with Crippen LogP contribution in [0.3, 0.4) is 0 Å². The summed E-state index contributed by atoms with van der Waals surface area (Å²) in [5, 5.41) is -0.674. The zero-order valence-corrected chi connectivity index (χ0v) is 14.5. The van der Waals surface area contributed by atoms with E-state index in [2.05, 4.69) is 0 Å². The van der Waals surface area contributed by atoms with Gasteiger partial charge in [0.1, 0.15) is 0 Å². The molecule has 0 aromatic carbocycles. The van der Waals surface area contributed by atoms with E-state index in [4.69, 9.17) is 0 Å². The Morgan fingerprint density at radius 2 is 0.842 bits per heavy atom. The fraction of sp³-hybridized carbons (Fsp3) is 1.00. The Kier molecular flexibility index (Phi) is 7.04. The van der Waals surface area contributed by atoms with Gasteiger partial charge >= 0.3 is 0 Å². The van der Waals surface area contributed by atoms with Crippen molar-refractivity contribution in [1.82, 2.24) is 0 Å². The molecule has 0 aromatic rings. The van der Waals surface area contributed by atoms with Crippen LogP contribution in [-0.2, 0) is 10.1 Å². The van der Waals surface area contributed by atoms with E-state index in [9.17, 15) is 13.0 Å². The van der Waals surface area contributed by atoms with Gasteiger partial charge in [-0.3, -0.25) is 4.55 Å². The lowest BCUT2D eigenvalue weighted by atomic mass is 9.72. The van der Waals surface area contributed by atoms with Gasteiger partial charge in [0.25, 0.3) is 10.1 Å². The Morgan fingerprint density at radius 1 is 0.632 bits per heavy atom. The summed E-state index contributed by atoms with van der Waals surface area (Å²) in [5.74, 6) is 0.868. The minimum atomic E-state index is -4.04. The summed E-state index contributed by atoms with van der Waals surface area (Å²) in [6, 6.07) is 0. The minimum Gasteiger partial charge on any atom is -0.285 e. The monoisotopic (exact) mass is 292 g/mol. The van der Waals surface area contributed by atoms with Gasteiger partial charge < -0.3 is 0 Å². The molecule has 0 aliphatic carbocycles.